The van der Waals surface area contributed by atoms with Gasteiger partial charge in [-0.15, -0.1) is 0 Å². The fraction of sp³-hybridized carbons (Fsp3) is 0.750. The number of hydrogen-bond acceptors (Lipinski definition) is 1. The van der Waals surface area contributed by atoms with Crippen LogP contribution in [0.25, 0.3) is 0 Å². The van der Waals surface area contributed by atoms with E-state index in [1.54, 1.807) is 0 Å². The van der Waals surface area contributed by atoms with Gasteiger partial charge in [0.1, 0.15) is 17.6 Å². The van der Waals surface area contributed by atoms with Gasteiger partial charge in [0.2, 0.25) is 0 Å². The second-order valence-electron chi connectivity index (χ2n) is 5.50. The van der Waals surface area contributed by atoms with Crippen molar-refractivity contribution in [1.82, 2.24) is 0 Å². The Labute approximate surface area is 117 Å². The lowest BCUT2D eigenvalue weighted by Gasteiger charge is -2.43. The van der Waals surface area contributed by atoms with Crippen LogP contribution in [0.15, 0.2) is 24.0 Å². The Bertz CT molecular complexity index is 308. The summed E-state index contributed by atoms with van der Waals surface area (Å²) in [5.41, 5.74) is 1.52. The van der Waals surface area contributed by atoms with E-state index in [1.807, 2.05) is 13.8 Å². The summed E-state index contributed by atoms with van der Waals surface area (Å²) in [6.07, 6.45) is 7.46. The molecule has 4 atom stereocenters. The predicted molar refractivity (Wildman–Crippen MR) is 79.3 cm³/mol. The highest BCUT2D eigenvalue weighted by Gasteiger charge is 2.39. The van der Waals surface area contributed by atoms with Crippen molar-refractivity contribution >= 4 is 11.9 Å². The smallest absolute Gasteiger partial charge is 0.134 e. The van der Waals surface area contributed by atoms with E-state index >= 15 is 0 Å². The van der Waals surface area contributed by atoms with Gasteiger partial charge in [-0.05, 0) is 50.4 Å². The Morgan fingerprint density at radius 1 is 1.33 bits per heavy atom. The minimum absolute atomic E-state index is 0.425. The molecular weight excluding hydrogens is 244 g/mol. The first-order valence-electron chi connectivity index (χ1n) is 7.28. The summed E-state index contributed by atoms with van der Waals surface area (Å²) in [6, 6.07) is 0. The van der Waals surface area contributed by atoms with Crippen LogP contribution in [0.5, 0.6) is 0 Å². The van der Waals surface area contributed by atoms with Crippen LogP contribution in [-0.2, 0) is 4.29 Å². The topological polar surface area (TPSA) is 9.23 Å². The molecule has 2 aliphatic rings. The van der Waals surface area contributed by atoms with E-state index in [9.17, 15) is 0 Å². The van der Waals surface area contributed by atoms with Crippen LogP contribution < -0.4 is 0 Å². The Balaban J connectivity index is 0.000000771. The second-order valence-corrected chi connectivity index (χ2v) is 5.65. The van der Waals surface area contributed by atoms with Gasteiger partial charge < -0.3 is 4.29 Å². The first kappa shape index (κ1) is 15.6. The van der Waals surface area contributed by atoms with Gasteiger partial charge in [-0.25, -0.2) is 0 Å². The highest BCUT2D eigenvalue weighted by Crippen LogP contribution is 2.47. The Morgan fingerprint density at radius 2 is 2.00 bits per heavy atom. The minimum Gasteiger partial charge on any atom is -0.390 e. The van der Waals surface area contributed by atoms with E-state index in [2.05, 4.69) is 26.5 Å². The van der Waals surface area contributed by atoms with Crippen LogP contribution in [-0.4, -0.2) is 0 Å². The first-order valence-corrected chi connectivity index (χ1v) is 7.59. The molecule has 0 spiro atoms. The van der Waals surface area contributed by atoms with Crippen molar-refractivity contribution in [3.05, 3.63) is 24.0 Å². The van der Waals surface area contributed by atoms with Crippen molar-refractivity contribution < 1.29 is 4.29 Å². The van der Waals surface area contributed by atoms with Crippen LogP contribution in [0.3, 0.4) is 0 Å². The standard InChI is InChI=1S/C14H21ClO.C2H6/c1-9-4-6-12-10(2)5-7-13(11(3)16-15)14(12)8-9;1-2/h8,10,12-14H,3-7H2,1-2H3;1-2H3. The van der Waals surface area contributed by atoms with Crippen LogP contribution in [0.2, 0.25) is 0 Å². The first-order chi connectivity index (χ1) is 8.63. The van der Waals surface area contributed by atoms with E-state index in [0.717, 1.165) is 24.0 Å². The predicted octanol–water partition coefficient (Wildman–Crippen LogP) is 5.72. The van der Waals surface area contributed by atoms with Gasteiger partial charge in [0.25, 0.3) is 0 Å². The van der Waals surface area contributed by atoms with Gasteiger partial charge in [0.15, 0.2) is 0 Å². The van der Waals surface area contributed by atoms with E-state index < -0.39 is 0 Å². The second kappa shape index (κ2) is 7.23. The van der Waals surface area contributed by atoms with Crippen molar-refractivity contribution in [3.8, 4) is 0 Å². The molecule has 104 valence electrons. The van der Waals surface area contributed by atoms with Crippen molar-refractivity contribution in [3.63, 3.8) is 0 Å². The molecule has 4 unspecified atom stereocenters. The van der Waals surface area contributed by atoms with Gasteiger partial charge >= 0.3 is 0 Å². The third-order valence-corrected chi connectivity index (χ3v) is 4.68. The molecule has 2 aliphatic carbocycles. The summed E-state index contributed by atoms with van der Waals surface area (Å²) in [7, 11) is 0. The molecule has 0 aliphatic heterocycles. The van der Waals surface area contributed by atoms with Crippen LogP contribution in [0.4, 0.5) is 0 Å². The molecule has 0 aromatic carbocycles. The minimum atomic E-state index is 0.425. The lowest BCUT2D eigenvalue weighted by Crippen LogP contribution is -2.35. The monoisotopic (exact) mass is 270 g/mol. The zero-order valence-electron chi connectivity index (χ0n) is 12.2. The summed E-state index contributed by atoms with van der Waals surface area (Å²) in [6.45, 7) is 12.6. The maximum atomic E-state index is 5.47. The molecular formula is C16H27ClO. The molecule has 0 aromatic heterocycles. The fourth-order valence-electron chi connectivity index (χ4n) is 3.48. The van der Waals surface area contributed by atoms with Gasteiger partial charge in [-0.3, -0.25) is 0 Å². The molecule has 0 amide bonds. The molecule has 2 rings (SSSR count). The number of rotatable bonds is 2. The summed E-state index contributed by atoms with van der Waals surface area (Å²) >= 11 is 5.47. The molecule has 18 heavy (non-hydrogen) atoms. The molecule has 1 saturated carbocycles. The normalized spacial score (nSPS) is 34.6. The van der Waals surface area contributed by atoms with Crippen LogP contribution >= 0.6 is 11.9 Å². The molecule has 0 heterocycles. The summed E-state index contributed by atoms with van der Waals surface area (Å²) in [4.78, 5) is 0. The van der Waals surface area contributed by atoms with E-state index in [4.69, 9.17) is 16.2 Å². The molecule has 0 N–H and O–H groups in total. The summed E-state index contributed by atoms with van der Waals surface area (Å²) < 4.78 is 4.86. The van der Waals surface area contributed by atoms with Crippen LogP contribution in [0.1, 0.15) is 53.4 Å². The number of hydrogen-bond donors (Lipinski definition) is 0. The SMILES string of the molecule is C=C(OCl)C1CCC(C)C2CCC(C)=CC12.CC. The van der Waals surface area contributed by atoms with Crippen molar-refractivity contribution in [2.24, 2.45) is 23.7 Å². The molecule has 0 radical (unpaired) electrons. The van der Waals surface area contributed by atoms with Gasteiger partial charge in [-0.2, -0.15) is 0 Å². The molecule has 0 bridgehead atoms. The molecule has 1 fully saturated rings. The van der Waals surface area contributed by atoms with E-state index in [0.29, 0.717) is 11.8 Å². The van der Waals surface area contributed by atoms with Crippen molar-refractivity contribution in [2.45, 2.75) is 53.4 Å². The van der Waals surface area contributed by atoms with Crippen molar-refractivity contribution in [2.75, 3.05) is 0 Å². The number of halogens is 1. The molecule has 0 aromatic rings. The molecule has 1 nitrogen and oxygen atoms in total. The van der Waals surface area contributed by atoms with Crippen molar-refractivity contribution in [1.29, 1.82) is 0 Å². The van der Waals surface area contributed by atoms with Gasteiger partial charge in [0.05, 0.1) is 0 Å². The number of fused-ring (bicyclic) bond motifs is 1. The third-order valence-electron chi connectivity index (χ3n) is 4.48. The quantitative estimate of drug-likeness (QED) is 0.461. The van der Waals surface area contributed by atoms with E-state index in [-0.39, 0.29) is 0 Å². The maximum Gasteiger partial charge on any atom is 0.134 e. The Kier molecular flexibility index (Phi) is 6.28. The van der Waals surface area contributed by atoms with Gasteiger partial charge in [0, 0.05) is 5.92 Å². The average Bonchev–Trinajstić information content (AvgIpc) is 2.40. The zero-order chi connectivity index (χ0) is 13.7. The van der Waals surface area contributed by atoms with Crippen LogP contribution in [0, 0.1) is 23.7 Å². The zero-order valence-corrected chi connectivity index (χ0v) is 13.0. The number of allylic oxidation sites excluding steroid dienone is 3. The van der Waals surface area contributed by atoms with E-state index in [1.165, 1.54) is 24.8 Å². The molecule has 2 heteroatoms. The largest absolute Gasteiger partial charge is 0.390 e. The lowest BCUT2D eigenvalue weighted by atomic mass is 9.62. The summed E-state index contributed by atoms with van der Waals surface area (Å²) in [5, 5.41) is 0. The molecule has 0 saturated heterocycles. The third kappa shape index (κ3) is 3.32. The summed E-state index contributed by atoms with van der Waals surface area (Å²) in [5.74, 6) is 3.41. The highest BCUT2D eigenvalue weighted by atomic mass is 35.5. The fourth-order valence-corrected chi connectivity index (χ4v) is 3.60. The maximum absolute atomic E-state index is 5.47. The lowest BCUT2D eigenvalue weighted by molar-refractivity contribution is 0.115. The average molecular weight is 271 g/mol. The Morgan fingerprint density at radius 3 is 2.61 bits per heavy atom. The highest BCUT2D eigenvalue weighted by molar-refractivity contribution is 6.08. The Hall–Kier alpha value is -0.430. The van der Waals surface area contributed by atoms with Gasteiger partial charge in [-0.1, -0.05) is 39.0 Å².